The lowest BCUT2D eigenvalue weighted by Gasteiger charge is -2.31. The number of hydrogen-bond acceptors (Lipinski definition) is 3. The van der Waals surface area contributed by atoms with E-state index in [1.165, 1.54) is 55.2 Å². The summed E-state index contributed by atoms with van der Waals surface area (Å²) in [7, 11) is 0. The Morgan fingerprint density at radius 3 is 2.44 bits per heavy atom. The number of benzene rings is 2. The zero-order valence-electron chi connectivity index (χ0n) is 21.0. The molecule has 1 saturated carbocycles. The summed E-state index contributed by atoms with van der Waals surface area (Å²) < 4.78 is 17.0. The third-order valence-corrected chi connectivity index (χ3v) is 8.65. The third-order valence-electron chi connectivity index (χ3n) is 8.65. The van der Waals surface area contributed by atoms with Gasteiger partial charge in [0, 0.05) is 48.3 Å². The molecule has 36 heavy (non-hydrogen) atoms. The lowest BCUT2D eigenvalue weighted by molar-refractivity contribution is 0.0697. The Balaban J connectivity index is 1.48. The standard InChI is InChI=1S/C30H36FN3O2/c31-23-10-12-25-26(20-23)33(16-15-32-13-5-2-6-14-32)17-18-34-27-19-22(30(35)36)9-11-24(27)28(29(25)34)21-7-3-1-4-8-21/h9-12,19-21H,1-8,13-18H2,(H,35,36). The van der Waals surface area contributed by atoms with Crippen LogP contribution in [0, 0.1) is 5.82 Å². The molecule has 1 saturated heterocycles. The van der Waals surface area contributed by atoms with E-state index in [0.717, 1.165) is 68.9 Å². The second-order valence-corrected chi connectivity index (χ2v) is 10.8. The van der Waals surface area contributed by atoms with E-state index in [2.05, 4.69) is 14.4 Å². The van der Waals surface area contributed by atoms with Crippen molar-refractivity contribution in [2.24, 2.45) is 0 Å². The second kappa shape index (κ2) is 9.89. The van der Waals surface area contributed by atoms with Crippen LogP contribution in [0.4, 0.5) is 10.1 Å². The minimum atomic E-state index is -0.897. The number of likely N-dealkylation sites (tertiary alicyclic amines) is 1. The summed E-state index contributed by atoms with van der Waals surface area (Å²) in [5.41, 5.74) is 5.90. The normalized spacial score (nSPS) is 19.2. The Morgan fingerprint density at radius 1 is 0.889 bits per heavy atom. The average Bonchev–Trinajstić information content (AvgIpc) is 3.14. The van der Waals surface area contributed by atoms with E-state index >= 15 is 0 Å². The van der Waals surface area contributed by atoms with E-state index in [4.69, 9.17) is 0 Å². The SMILES string of the molecule is O=C(O)c1ccc2c(C3CCCCC3)c3n(c2c1)CCN(CCN1CCCCC1)c1cc(F)ccc1-3. The van der Waals surface area contributed by atoms with Crippen molar-refractivity contribution < 1.29 is 14.3 Å². The maximum atomic E-state index is 14.7. The van der Waals surface area contributed by atoms with Gasteiger partial charge in [-0.3, -0.25) is 0 Å². The number of carboxylic acids is 1. The first-order valence-corrected chi connectivity index (χ1v) is 13.8. The molecule has 0 spiro atoms. The molecule has 2 aromatic carbocycles. The number of fused-ring (bicyclic) bond motifs is 5. The van der Waals surface area contributed by atoms with E-state index < -0.39 is 5.97 Å². The van der Waals surface area contributed by atoms with Crippen LogP contribution in [-0.2, 0) is 6.54 Å². The fraction of sp³-hybridized carbons (Fsp3) is 0.500. The molecule has 3 heterocycles. The van der Waals surface area contributed by atoms with Crippen LogP contribution in [-0.4, -0.2) is 53.3 Å². The highest BCUT2D eigenvalue weighted by Crippen LogP contribution is 2.47. The van der Waals surface area contributed by atoms with Gasteiger partial charge in [-0.05, 0) is 80.6 Å². The summed E-state index contributed by atoms with van der Waals surface area (Å²) >= 11 is 0. The second-order valence-electron chi connectivity index (χ2n) is 10.8. The van der Waals surface area contributed by atoms with Crippen LogP contribution in [0.5, 0.6) is 0 Å². The van der Waals surface area contributed by atoms with Gasteiger partial charge in [0.2, 0.25) is 0 Å². The van der Waals surface area contributed by atoms with Crippen molar-refractivity contribution >= 4 is 22.6 Å². The largest absolute Gasteiger partial charge is 0.478 e. The first-order chi connectivity index (χ1) is 17.6. The molecule has 3 aliphatic rings. The summed E-state index contributed by atoms with van der Waals surface area (Å²) in [5.74, 6) is -0.648. The molecule has 6 heteroatoms. The van der Waals surface area contributed by atoms with Gasteiger partial charge in [-0.1, -0.05) is 31.7 Å². The van der Waals surface area contributed by atoms with Crippen LogP contribution < -0.4 is 4.90 Å². The molecule has 190 valence electrons. The molecule has 5 nitrogen and oxygen atoms in total. The number of hydrogen-bond donors (Lipinski definition) is 1. The summed E-state index contributed by atoms with van der Waals surface area (Å²) in [6.07, 6.45) is 9.88. The molecular weight excluding hydrogens is 453 g/mol. The molecule has 6 rings (SSSR count). The highest BCUT2D eigenvalue weighted by molar-refractivity contribution is 5.99. The number of aromatic nitrogens is 1. The Labute approximate surface area is 212 Å². The first-order valence-electron chi connectivity index (χ1n) is 13.8. The molecule has 2 fully saturated rings. The van der Waals surface area contributed by atoms with Crippen LogP contribution in [0.1, 0.15) is 73.2 Å². The van der Waals surface area contributed by atoms with Crippen LogP contribution in [0.3, 0.4) is 0 Å². The highest BCUT2D eigenvalue weighted by Gasteiger charge is 2.31. The maximum Gasteiger partial charge on any atom is 0.335 e. The minimum absolute atomic E-state index is 0.200. The van der Waals surface area contributed by atoms with E-state index in [9.17, 15) is 14.3 Å². The predicted molar refractivity (Wildman–Crippen MR) is 143 cm³/mol. The van der Waals surface area contributed by atoms with Gasteiger partial charge in [0.1, 0.15) is 5.82 Å². The zero-order chi connectivity index (χ0) is 24.6. The molecular formula is C30H36FN3O2. The van der Waals surface area contributed by atoms with Crippen LogP contribution >= 0.6 is 0 Å². The van der Waals surface area contributed by atoms with Gasteiger partial charge >= 0.3 is 5.97 Å². The van der Waals surface area contributed by atoms with Gasteiger partial charge in [-0.15, -0.1) is 0 Å². The number of halogens is 1. The molecule has 0 atom stereocenters. The lowest BCUT2D eigenvalue weighted by atomic mass is 9.81. The number of aromatic carboxylic acids is 1. The Kier molecular flexibility index (Phi) is 6.46. The van der Waals surface area contributed by atoms with Crippen molar-refractivity contribution in [3.63, 3.8) is 0 Å². The fourth-order valence-corrected chi connectivity index (χ4v) is 6.82. The molecule has 0 unspecified atom stereocenters. The van der Waals surface area contributed by atoms with Crippen LogP contribution in [0.2, 0.25) is 0 Å². The third kappa shape index (κ3) is 4.30. The van der Waals surface area contributed by atoms with Crippen molar-refractivity contribution in [3.05, 3.63) is 53.3 Å². The van der Waals surface area contributed by atoms with E-state index in [0.29, 0.717) is 11.5 Å². The van der Waals surface area contributed by atoms with Gasteiger partial charge in [-0.2, -0.15) is 0 Å². The first kappa shape index (κ1) is 23.5. The molecule has 1 aromatic heterocycles. The summed E-state index contributed by atoms with van der Waals surface area (Å²) in [4.78, 5) is 16.7. The lowest BCUT2D eigenvalue weighted by Crippen LogP contribution is -2.38. The topological polar surface area (TPSA) is 48.7 Å². The number of carboxylic acid groups (broad SMARTS) is 1. The van der Waals surface area contributed by atoms with Gasteiger partial charge in [0.25, 0.3) is 0 Å². The molecule has 0 bridgehead atoms. The molecule has 3 aromatic rings. The quantitative estimate of drug-likeness (QED) is 0.444. The smallest absolute Gasteiger partial charge is 0.335 e. The van der Waals surface area contributed by atoms with Crippen molar-refractivity contribution in [2.75, 3.05) is 37.6 Å². The monoisotopic (exact) mass is 489 g/mol. The molecule has 0 amide bonds. The summed E-state index contributed by atoms with van der Waals surface area (Å²) in [5, 5.41) is 10.9. The Bertz CT molecular complexity index is 1270. The van der Waals surface area contributed by atoms with Crippen molar-refractivity contribution in [2.45, 2.75) is 63.8 Å². The number of piperidine rings is 1. The molecule has 2 aliphatic heterocycles. The highest BCUT2D eigenvalue weighted by atomic mass is 19.1. The Morgan fingerprint density at radius 2 is 1.67 bits per heavy atom. The van der Waals surface area contributed by atoms with Gasteiger partial charge in [0.15, 0.2) is 0 Å². The van der Waals surface area contributed by atoms with E-state index in [1.54, 1.807) is 18.2 Å². The number of nitrogens with zero attached hydrogens (tertiary/aromatic N) is 3. The number of carbonyl (C=O) groups is 1. The van der Waals surface area contributed by atoms with Crippen LogP contribution in [0.15, 0.2) is 36.4 Å². The van der Waals surface area contributed by atoms with Gasteiger partial charge in [0.05, 0.1) is 11.3 Å². The van der Waals surface area contributed by atoms with E-state index in [1.807, 2.05) is 18.2 Å². The van der Waals surface area contributed by atoms with E-state index in [-0.39, 0.29) is 5.82 Å². The van der Waals surface area contributed by atoms with Crippen molar-refractivity contribution in [1.82, 2.24) is 9.47 Å². The maximum absolute atomic E-state index is 14.7. The van der Waals surface area contributed by atoms with Crippen molar-refractivity contribution in [1.29, 1.82) is 0 Å². The van der Waals surface area contributed by atoms with Crippen LogP contribution in [0.25, 0.3) is 22.2 Å². The number of rotatable bonds is 5. The average molecular weight is 490 g/mol. The molecule has 1 aliphatic carbocycles. The van der Waals surface area contributed by atoms with Gasteiger partial charge in [-0.25, -0.2) is 9.18 Å². The number of anilines is 1. The Hall–Kier alpha value is -2.86. The molecule has 1 N–H and O–H groups in total. The minimum Gasteiger partial charge on any atom is -0.478 e. The molecule has 0 radical (unpaired) electrons. The predicted octanol–water partition coefficient (Wildman–Crippen LogP) is 6.50. The zero-order valence-corrected chi connectivity index (χ0v) is 21.0. The fourth-order valence-electron chi connectivity index (χ4n) is 6.82. The summed E-state index contributed by atoms with van der Waals surface area (Å²) in [6, 6.07) is 10.9. The summed E-state index contributed by atoms with van der Waals surface area (Å²) in [6.45, 7) is 5.71. The van der Waals surface area contributed by atoms with Crippen molar-refractivity contribution in [3.8, 4) is 11.3 Å². The van der Waals surface area contributed by atoms with Gasteiger partial charge < -0.3 is 19.5 Å².